The maximum atomic E-state index is 11.2. The quantitative estimate of drug-likeness (QED) is 0.641. The Bertz CT molecular complexity index is 349. The number of aliphatic hydroxyl groups excluding tert-OH is 1. The molecular formula is C8H11N3O3. The molecule has 14 heavy (non-hydrogen) atoms. The number of aliphatic hydroxyl groups is 1. The summed E-state index contributed by atoms with van der Waals surface area (Å²) in [6.45, 7) is 2.09. The van der Waals surface area contributed by atoms with Gasteiger partial charge >= 0.3 is 0 Å². The maximum Gasteiger partial charge on any atom is 0.179 e. The Morgan fingerprint density at radius 1 is 1.71 bits per heavy atom. The van der Waals surface area contributed by atoms with E-state index in [1.54, 1.807) is 0 Å². The number of Topliss-reactive ketones (excluding diaryl/α,β-unsaturated/α-hetero) is 1. The van der Waals surface area contributed by atoms with E-state index in [-0.39, 0.29) is 18.4 Å². The molecule has 6 heteroatoms. The molecule has 0 spiro atoms. The molecule has 1 aromatic rings. The third-order valence-corrected chi connectivity index (χ3v) is 2.27. The molecule has 0 bridgehead atoms. The van der Waals surface area contributed by atoms with E-state index < -0.39 is 6.10 Å². The SMILES string of the molecule is CC(=O)c1cnnn1C1COCC1O. The van der Waals surface area contributed by atoms with E-state index >= 15 is 0 Å². The van der Waals surface area contributed by atoms with E-state index in [0.717, 1.165) is 0 Å². The Kier molecular flexibility index (Phi) is 2.30. The highest BCUT2D eigenvalue weighted by molar-refractivity contribution is 5.92. The first-order valence-electron chi connectivity index (χ1n) is 4.37. The normalized spacial score (nSPS) is 26.7. The molecule has 0 amide bonds. The van der Waals surface area contributed by atoms with Crippen molar-refractivity contribution in [2.45, 2.75) is 19.1 Å². The maximum absolute atomic E-state index is 11.2. The zero-order chi connectivity index (χ0) is 10.1. The van der Waals surface area contributed by atoms with Gasteiger partial charge in [0.2, 0.25) is 0 Å². The highest BCUT2D eigenvalue weighted by Gasteiger charge is 2.30. The largest absolute Gasteiger partial charge is 0.388 e. The van der Waals surface area contributed by atoms with Gasteiger partial charge in [0.1, 0.15) is 17.8 Å². The van der Waals surface area contributed by atoms with Gasteiger partial charge in [-0.2, -0.15) is 0 Å². The van der Waals surface area contributed by atoms with Gasteiger partial charge in [-0.25, -0.2) is 4.68 Å². The molecule has 2 atom stereocenters. The number of ketones is 1. The lowest BCUT2D eigenvalue weighted by molar-refractivity contribution is 0.0985. The van der Waals surface area contributed by atoms with E-state index in [4.69, 9.17) is 4.74 Å². The molecule has 0 aliphatic carbocycles. The van der Waals surface area contributed by atoms with E-state index in [0.29, 0.717) is 12.3 Å². The van der Waals surface area contributed by atoms with E-state index in [1.807, 2.05) is 0 Å². The lowest BCUT2D eigenvalue weighted by Gasteiger charge is -2.13. The number of hydrogen-bond donors (Lipinski definition) is 1. The second-order valence-corrected chi connectivity index (χ2v) is 3.29. The first-order chi connectivity index (χ1) is 6.70. The van der Waals surface area contributed by atoms with Gasteiger partial charge in [0.25, 0.3) is 0 Å². The van der Waals surface area contributed by atoms with Gasteiger partial charge in [-0.1, -0.05) is 5.21 Å². The van der Waals surface area contributed by atoms with Crippen molar-refractivity contribution in [2.75, 3.05) is 13.2 Å². The molecule has 1 saturated heterocycles. The van der Waals surface area contributed by atoms with Gasteiger partial charge in [0, 0.05) is 6.92 Å². The van der Waals surface area contributed by atoms with Crippen LogP contribution >= 0.6 is 0 Å². The van der Waals surface area contributed by atoms with Crippen molar-refractivity contribution in [1.29, 1.82) is 0 Å². The average Bonchev–Trinajstić information content (AvgIpc) is 2.70. The summed E-state index contributed by atoms with van der Waals surface area (Å²) in [5.74, 6) is -0.117. The standard InChI is InChI=1S/C8H11N3O3/c1-5(12)6-2-9-10-11(6)7-3-14-4-8(7)13/h2,7-8,13H,3-4H2,1H3. The van der Waals surface area contributed by atoms with Crippen LogP contribution in [-0.2, 0) is 4.74 Å². The van der Waals surface area contributed by atoms with Crippen LogP contribution in [-0.4, -0.2) is 45.2 Å². The monoisotopic (exact) mass is 197 g/mol. The van der Waals surface area contributed by atoms with Gasteiger partial charge in [-0.15, -0.1) is 5.10 Å². The third-order valence-electron chi connectivity index (χ3n) is 2.27. The van der Waals surface area contributed by atoms with Crippen molar-refractivity contribution in [3.8, 4) is 0 Å². The summed E-state index contributed by atoms with van der Waals surface area (Å²) >= 11 is 0. The van der Waals surface area contributed by atoms with Crippen LogP contribution in [0.15, 0.2) is 6.20 Å². The van der Waals surface area contributed by atoms with Crippen molar-refractivity contribution >= 4 is 5.78 Å². The van der Waals surface area contributed by atoms with Crippen molar-refractivity contribution in [3.63, 3.8) is 0 Å². The van der Waals surface area contributed by atoms with E-state index in [1.165, 1.54) is 17.8 Å². The highest BCUT2D eigenvalue weighted by atomic mass is 16.5. The average molecular weight is 197 g/mol. The van der Waals surface area contributed by atoms with Crippen LogP contribution in [0.1, 0.15) is 23.5 Å². The molecule has 2 rings (SSSR count). The van der Waals surface area contributed by atoms with Crippen molar-refractivity contribution in [2.24, 2.45) is 0 Å². The fourth-order valence-corrected chi connectivity index (χ4v) is 1.51. The topological polar surface area (TPSA) is 77.2 Å². The van der Waals surface area contributed by atoms with Crippen LogP contribution in [0.25, 0.3) is 0 Å². The summed E-state index contributed by atoms with van der Waals surface area (Å²) in [4.78, 5) is 11.2. The summed E-state index contributed by atoms with van der Waals surface area (Å²) < 4.78 is 6.51. The fraction of sp³-hybridized carbons (Fsp3) is 0.625. The first kappa shape index (κ1) is 9.29. The van der Waals surface area contributed by atoms with Crippen LogP contribution < -0.4 is 0 Å². The van der Waals surface area contributed by atoms with Crippen LogP contribution in [0, 0.1) is 0 Å². The summed E-state index contributed by atoms with van der Waals surface area (Å²) in [7, 11) is 0. The number of carbonyl (C=O) groups is 1. The molecule has 0 aromatic carbocycles. The second kappa shape index (κ2) is 3.47. The number of carbonyl (C=O) groups excluding carboxylic acids is 1. The summed E-state index contributed by atoms with van der Waals surface area (Å²) in [6, 6.07) is -0.295. The molecule has 6 nitrogen and oxygen atoms in total. The minimum Gasteiger partial charge on any atom is -0.388 e. The molecule has 2 unspecified atom stereocenters. The predicted molar refractivity (Wildman–Crippen MR) is 45.9 cm³/mol. The molecule has 1 aromatic heterocycles. The first-order valence-corrected chi connectivity index (χ1v) is 4.37. The van der Waals surface area contributed by atoms with Gasteiger partial charge in [0.05, 0.1) is 19.4 Å². The minimum atomic E-state index is -0.616. The molecule has 0 radical (unpaired) electrons. The van der Waals surface area contributed by atoms with Crippen molar-refractivity contribution in [3.05, 3.63) is 11.9 Å². The van der Waals surface area contributed by atoms with Crippen molar-refractivity contribution < 1.29 is 14.6 Å². The Balaban J connectivity index is 2.31. The lowest BCUT2D eigenvalue weighted by Crippen LogP contribution is -2.25. The molecule has 1 aliphatic heterocycles. The van der Waals surface area contributed by atoms with Crippen LogP contribution in [0.3, 0.4) is 0 Å². The number of aromatic nitrogens is 3. The molecule has 1 aliphatic rings. The predicted octanol–water partition coefficient (Wildman–Crippen LogP) is -0.587. The molecular weight excluding hydrogens is 186 g/mol. The van der Waals surface area contributed by atoms with Gasteiger partial charge in [-0.3, -0.25) is 4.79 Å². The molecule has 76 valence electrons. The lowest BCUT2D eigenvalue weighted by atomic mass is 10.2. The Labute approximate surface area is 80.5 Å². The smallest absolute Gasteiger partial charge is 0.179 e. The van der Waals surface area contributed by atoms with E-state index in [9.17, 15) is 9.90 Å². The van der Waals surface area contributed by atoms with Crippen LogP contribution in [0.2, 0.25) is 0 Å². The molecule has 1 fully saturated rings. The second-order valence-electron chi connectivity index (χ2n) is 3.29. The van der Waals surface area contributed by atoms with Gasteiger partial charge in [-0.05, 0) is 0 Å². The molecule has 0 saturated carbocycles. The number of rotatable bonds is 2. The summed E-state index contributed by atoms with van der Waals surface area (Å²) in [5, 5.41) is 17.0. The zero-order valence-corrected chi connectivity index (χ0v) is 7.75. The van der Waals surface area contributed by atoms with Gasteiger partial charge in [0.15, 0.2) is 5.78 Å². The number of ether oxygens (including phenoxy) is 1. The number of nitrogens with zero attached hydrogens (tertiary/aromatic N) is 3. The summed E-state index contributed by atoms with van der Waals surface area (Å²) in [5.41, 5.74) is 0.402. The van der Waals surface area contributed by atoms with Crippen LogP contribution in [0.5, 0.6) is 0 Å². The third kappa shape index (κ3) is 1.42. The highest BCUT2D eigenvalue weighted by Crippen LogP contribution is 2.19. The zero-order valence-electron chi connectivity index (χ0n) is 7.75. The van der Waals surface area contributed by atoms with Crippen molar-refractivity contribution in [1.82, 2.24) is 15.0 Å². The Hall–Kier alpha value is -1.27. The van der Waals surface area contributed by atoms with Crippen LogP contribution in [0.4, 0.5) is 0 Å². The Morgan fingerprint density at radius 3 is 3.07 bits per heavy atom. The summed E-state index contributed by atoms with van der Waals surface area (Å²) in [6.07, 6.45) is 0.780. The molecule has 1 N–H and O–H groups in total. The van der Waals surface area contributed by atoms with E-state index in [2.05, 4.69) is 10.3 Å². The Morgan fingerprint density at radius 2 is 2.50 bits per heavy atom. The minimum absolute atomic E-state index is 0.117. The van der Waals surface area contributed by atoms with Gasteiger partial charge < -0.3 is 9.84 Å². The molecule has 2 heterocycles. The fourth-order valence-electron chi connectivity index (χ4n) is 1.51. The number of hydrogen-bond acceptors (Lipinski definition) is 5.